The molecule has 0 saturated carbocycles. The van der Waals surface area contributed by atoms with E-state index >= 15 is 0 Å². The van der Waals surface area contributed by atoms with E-state index in [1.165, 1.54) is 0 Å². The van der Waals surface area contributed by atoms with E-state index in [4.69, 9.17) is 11.6 Å². The van der Waals surface area contributed by atoms with Crippen molar-refractivity contribution in [2.75, 3.05) is 0 Å². The van der Waals surface area contributed by atoms with Crippen LogP contribution in [0.25, 0.3) is 0 Å². The molecule has 0 amide bonds. The molecule has 0 radical (unpaired) electrons. The van der Waals surface area contributed by atoms with E-state index < -0.39 is 16.0 Å². The van der Waals surface area contributed by atoms with E-state index in [-0.39, 0.29) is 43.8 Å². The predicted octanol–water partition coefficient (Wildman–Crippen LogP) is -1.45. The minimum absolute atomic E-state index is 0. The van der Waals surface area contributed by atoms with Crippen LogP contribution >= 0.6 is 22.9 Å². The minimum Gasteiger partial charge on any atom is -0.768 e. The number of nitrogens with zero attached hydrogens (tertiary/aromatic N) is 1. The maximum Gasteiger partial charge on any atom is 1.00 e. The van der Waals surface area contributed by atoms with Gasteiger partial charge in [-0.1, -0.05) is 11.6 Å². The Kier molecular flexibility index (Phi) is 5.61. The van der Waals surface area contributed by atoms with Crippen LogP contribution in [-0.4, -0.2) is 13.7 Å². The second-order valence-electron chi connectivity index (χ2n) is 1.72. The number of thiophene rings is 1. The second-order valence-corrected chi connectivity index (χ2v) is 4.54. The Morgan fingerprint density at radius 1 is 1.62 bits per heavy atom. The molecule has 0 aliphatic rings. The largest absolute Gasteiger partial charge is 1.00 e. The molecular formula is C4HClNNaO4S2. The molecule has 9 heteroatoms. The van der Waals surface area contributed by atoms with Gasteiger partial charge in [-0.2, -0.15) is 0 Å². The molecule has 1 unspecified atom stereocenters. The van der Waals surface area contributed by atoms with Gasteiger partial charge in [0.25, 0.3) is 5.69 Å². The molecule has 1 aromatic rings. The summed E-state index contributed by atoms with van der Waals surface area (Å²) in [5, 5.41) is 10.2. The molecule has 0 fully saturated rings. The normalized spacial score (nSPS) is 11.8. The molecule has 13 heavy (non-hydrogen) atoms. The third-order valence-corrected chi connectivity index (χ3v) is 3.24. The molecule has 1 atom stereocenters. The maximum absolute atomic E-state index is 10.3. The van der Waals surface area contributed by atoms with Crippen LogP contribution in [0.1, 0.15) is 0 Å². The summed E-state index contributed by atoms with van der Waals surface area (Å²) in [7, 11) is 0. The molecule has 1 rings (SSSR count). The van der Waals surface area contributed by atoms with Crippen molar-refractivity contribution in [1.29, 1.82) is 0 Å². The van der Waals surface area contributed by atoms with Crippen molar-refractivity contribution in [2.45, 2.75) is 4.21 Å². The van der Waals surface area contributed by atoms with Gasteiger partial charge < -0.3 is 4.55 Å². The molecule has 66 valence electrons. The fourth-order valence-corrected chi connectivity index (χ4v) is 2.37. The molecular weight excluding hydrogens is 249 g/mol. The maximum atomic E-state index is 10.3. The zero-order valence-corrected chi connectivity index (χ0v) is 10.7. The zero-order valence-electron chi connectivity index (χ0n) is 6.35. The van der Waals surface area contributed by atoms with Crippen LogP contribution in [0.3, 0.4) is 0 Å². The Hall–Kier alpha value is 0.500. The summed E-state index contributed by atoms with van der Waals surface area (Å²) in [5.74, 6) is 0. The minimum atomic E-state index is -2.46. The van der Waals surface area contributed by atoms with Crippen LogP contribution in [0.4, 0.5) is 5.69 Å². The van der Waals surface area contributed by atoms with Crippen molar-refractivity contribution in [1.82, 2.24) is 0 Å². The van der Waals surface area contributed by atoms with Crippen molar-refractivity contribution < 1.29 is 43.2 Å². The first kappa shape index (κ1) is 13.5. The summed E-state index contributed by atoms with van der Waals surface area (Å²) in [6.07, 6.45) is 0. The quantitative estimate of drug-likeness (QED) is 0.278. The molecule has 5 nitrogen and oxygen atoms in total. The van der Waals surface area contributed by atoms with Crippen LogP contribution in [0, 0.1) is 10.1 Å². The van der Waals surface area contributed by atoms with Gasteiger partial charge in [0.05, 0.1) is 9.13 Å². The van der Waals surface area contributed by atoms with Crippen molar-refractivity contribution in [2.24, 2.45) is 0 Å². The third kappa shape index (κ3) is 3.28. The third-order valence-electron chi connectivity index (χ3n) is 1.01. The van der Waals surface area contributed by atoms with Crippen LogP contribution in [0.15, 0.2) is 10.3 Å². The van der Waals surface area contributed by atoms with E-state index in [9.17, 15) is 18.9 Å². The van der Waals surface area contributed by atoms with Gasteiger partial charge in [0, 0.05) is 6.07 Å². The average molecular weight is 250 g/mol. The Labute approximate surface area is 107 Å². The molecule has 1 aromatic heterocycles. The van der Waals surface area contributed by atoms with Gasteiger partial charge in [-0.15, -0.1) is 11.3 Å². The molecule has 0 bridgehead atoms. The summed E-state index contributed by atoms with van der Waals surface area (Å²) >= 11 is 3.59. The van der Waals surface area contributed by atoms with Gasteiger partial charge >= 0.3 is 29.6 Å². The fraction of sp³-hybridized carbons (Fsp3) is 0. The first-order valence-corrected chi connectivity index (χ1v) is 4.82. The Bertz CT molecular complexity index is 354. The molecule has 0 spiro atoms. The number of rotatable bonds is 2. The summed E-state index contributed by atoms with van der Waals surface area (Å²) in [6, 6.07) is 0.927. The molecule has 0 aromatic carbocycles. The van der Waals surface area contributed by atoms with Gasteiger partial charge in [-0.25, -0.2) is 0 Å². The topological polar surface area (TPSA) is 83.3 Å². The predicted molar refractivity (Wildman–Crippen MR) is 43.2 cm³/mol. The van der Waals surface area contributed by atoms with E-state index in [0.29, 0.717) is 11.3 Å². The molecule has 0 aliphatic carbocycles. The molecule has 0 N–H and O–H groups in total. The van der Waals surface area contributed by atoms with Gasteiger partial charge in [-0.05, 0) is 11.1 Å². The van der Waals surface area contributed by atoms with Gasteiger partial charge in [0.2, 0.25) is 0 Å². The van der Waals surface area contributed by atoms with Gasteiger partial charge in [0.1, 0.15) is 0 Å². The second kappa shape index (κ2) is 5.40. The molecule has 1 heterocycles. The smallest absolute Gasteiger partial charge is 0.768 e. The molecule has 0 saturated heterocycles. The summed E-state index contributed by atoms with van der Waals surface area (Å²) in [6.45, 7) is 0. The SMILES string of the molecule is O=[N+]([O-])c1cc(S(=O)[O-])sc1Cl.[Na+]. The van der Waals surface area contributed by atoms with Crippen LogP contribution in [0.2, 0.25) is 4.34 Å². The summed E-state index contributed by atoms with van der Waals surface area (Å²) in [4.78, 5) is 9.46. The van der Waals surface area contributed by atoms with Crippen LogP contribution in [-0.2, 0) is 11.1 Å². The standard InChI is InChI=1S/C4H2ClNO4S2.Na/c5-4-2(6(7)8)1-3(11-4)12(9)10;/h1H,(H,9,10);/q;+1/p-1. The zero-order chi connectivity index (χ0) is 9.30. The van der Waals surface area contributed by atoms with Crippen molar-refractivity contribution >= 4 is 39.7 Å². The van der Waals surface area contributed by atoms with Gasteiger partial charge in [-0.3, -0.25) is 14.3 Å². The summed E-state index contributed by atoms with van der Waals surface area (Å²) < 4.78 is 20.4. The van der Waals surface area contributed by atoms with E-state index in [0.717, 1.165) is 6.07 Å². The number of hydrogen-bond acceptors (Lipinski definition) is 5. The van der Waals surface area contributed by atoms with Crippen LogP contribution < -0.4 is 29.6 Å². The number of nitro groups is 1. The van der Waals surface area contributed by atoms with Gasteiger partial charge in [0.15, 0.2) is 4.34 Å². The molecule has 0 aliphatic heterocycles. The average Bonchev–Trinajstić information content (AvgIpc) is 2.30. The monoisotopic (exact) mass is 249 g/mol. The van der Waals surface area contributed by atoms with E-state index in [1.54, 1.807) is 0 Å². The van der Waals surface area contributed by atoms with E-state index in [2.05, 4.69) is 0 Å². The van der Waals surface area contributed by atoms with Crippen LogP contribution in [0.5, 0.6) is 0 Å². The fourth-order valence-electron chi connectivity index (χ4n) is 0.545. The van der Waals surface area contributed by atoms with E-state index in [1.807, 2.05) is 0 Å². The number of halogens is 1. The Morgan fingerprint density at radius 3 is 2.38 bits per heavy atom. The van der Waals surface area contributed by atoms with Crippen molar-refractivity contribution in [3.05, 3.63) is 20.5 Å². The first-order valence-electron chi connectivity index (χ1n) is 2.55. The van der Waals surface area contributed by atoms with Crippen molar-refractivity contribution in [3.8, 4) is 0 Å². The Balaban J connectivity index is 0.00000144. The Morgan fingerprint density at radius 2 is 2.15 bits per heavy atom. The first-order chi connectivity index (χ1) is 5.52. The van der Waals surface area contributed by atoms with Crippen molar-refractivity contribution in [3.63, 3.8) is 0 Å². The number of hydrogen-bond donors (Lipinski definition) is 0. The summed E-state index contributed by atoms with van der Waals surface area (Å²) in [5.41, 5.74) is -0.374.